The number of aryl methyl sites for hydroxylation is 1. The Morgan fingerprint density at radius 3 is 2.41 bits per heavy atom. The van der Waals surface area contributed by atoms with E-state index in [-0.39, 0.29) is 5.60 Å². The molecule has 2 rings (SSSR count). The van der Waals surface area contributed by atoms with E-state index in [2.05, 4.69) is 39.8 Å². The topological polar surface area (TPSA) is 18.5 Å². The van der Waals surface area contributed by atoms with Crippen LogP contribution >= 0.6 is 0 Å². The molecule has 1 aliphatic carbocycles. The van der Waals surface area contributed by atoms with Crippen LogP contribution in [0.15, 0.2) is 18.2 Å². The second kappa shape index (κ2) is 4.59. The Kier molecular flexibility index (Phi) is 3.32. The molecule has 1 aromatic rings. The fourth-order valence-corrected chi connectivity index (χ4v) is 1.64. The summed E-state index contributed by atoms with van der Waals surface area (Å²) in [5, 5.41) is 0. The highest BCUT2D eigenvalue weighted by atomic mass is 16.5. The Morgan fingerprint density at radius 1 is 1.18 bits per heavy atom. The molecule has 1 aromatic carbocycles. The third kappa shape index (κ3) is 3.65. The predicted molar refractivity (Wildman–Crippen MR) is 69.9 cm³/mol. The predicted octanol–water partition coefficient (Wildman–Crippen LogP) is 3.97. The molecule has 1 fully saturated rings. The van der Waals surface area contributed by atoms with Gasteiger partial charge < -0.3 is 9.47 Å². The first kappa shape index (κ1) is 12.3. The zero-order chi connectivity index (χ0) is 12.5. The lowest BCUT2D eigenvalue weighted by molar-refractivity contribution is 0.122. The lowest BCUT2D eigenvalue weighted by Crippen LogP contribution is -2.23. The van der Waals surface area contributed by atoms with Gasteiger partial charge in [-0.1, -0.05) is 13.0 Å². The summed E-state index contributed by atoms with van der Waals surface area (Å²) < 4.78 is 11.9. The van der Waals surface area contributed by atoms with Gasteiger partial charge in [0.05, 0.1) is 6.10 Å². The van der Waals surface area contributed by atoms with Crippen LogP contribution in [0.1, 0.15) is 46.1 Å². The SMILES string of the molecule is CCc1ccc(OC2CC2)c(OC(C)(C)C)c1. The Balaban J connectivity index is 2.22. The molecular formula is C15H22O2. The van der Waals surface area contributed by atoms with E-state index in [1.807, 2.05) is 6.07 Å². The van der Waals surface area contributed by atoms with Crippen LogP contribution in [0.4, 0.5) is 0 Å². The minimum atomic E-state index is -0.186. The molecule has 0 radical (unpaired) electrons. The summed E-state index contributed by atoms with van der Waals surface area (Å²) in [6.45, 7) is 8.34. The molecular weight excluding hydrogens is 212 g/mol. The molecule has 0 amide bonds. The van der Waals surface area contributed by atoms with Gasteiger partial charge in [0, 0.05) is 0 Å². The first-order valence-corrected chi connectivity index (χ1v) is 6.46. The van der Waals surface area contributed by atoms with Gasteiger partial charge in [0.1, 0.15) is 5.60 Å². The van der Waals surface area contributed by atoms with Gasteiger partial charge in [-0.2, -0.15) is 0 Å². The number of rotatable bonds is 4. The second-order valence-corrected chi connectivity index (χ2v) is 5.67. The van der Waals surface area contributed by atoms with Crippen molar-refractivity contribution in [3.63, 3.8) is 0 Å². The number of ether oxygens (including phenoxy) is 2. The molecule has 2 nitrogen and oxygen atoms in total. The van der Waals surface area contributed by atoms with Crippen LogP contribution in [-0.4, -0.2) is 11.7 Å². The van der Waals surface area contributed by atoms with Crippen LogP contribution in [-0.2, 0) is 6.42 Å². The fourth-order valence-electron chi connectivity index (χ4n) is 1.64. The average molecular weight is 234 g/mol. The lowest BCUT2D eigenvalue weighted by Gasteiger charge is -2.23. The molecule has 94 valence electrons. The molecule has 0 unspecified atom stereocenters. The van der Waals surface area contributed by atoms with Gasteiger partial charge in [0.15, 0.2) is 11.5 Å². The van der Waals surface area contributed by atoms with E-state index < -0.39 is 0 Å². The van der Waals surface area contributed by atoms with Crippen LogP contribution in [0.2, 0.25) is 0 Å². The van der Waals surface area contributed by atoms with Crippen molar-refractivity contribution in [2.45, 2.75) is 58.7 Å². The molecule has 0 bridgehead atoms. The van der Waals surface area contributed by atoms with E-state index >= 15 is 0 Å². The molecule has 1 saturated carbocycles. The van der Waals surface area contributed by atoms with E-state index in [4.69, 9.17) is 9.47 Å². The molecule has 0 aliphatic heterocycles. The van der Waals surface area contributed by atoms with Crippen molar-refractivity contribution >= 4 is 0 Å². The van der Waals surface area contributed by atoms with E-state index in [9.17, 15) is 0 Å². The number of hydrogen-bond donors (Lipinski definition) is 0. The average Bonchev–Trinajstić information content (AvgIpc) is 3.02. The van der Waals surface area contributed by atoms with Crippen molar-refractivity contribution in [1.82, 2.24) is 0 Å². The highest BCUT2D eigenvalue weighted by molar-refractivity contribution is 5.43. The first-order chi connectivity index (χ1) is 7.98. The van der Waals surface area contributed by atoms with Crippen molar-refractivity contribution < 1.29 is 9.47 Å². The monoisotopic (exact) mass is 234 g/mol. The Morgan fingerprint density at radius 2 is 1.88 bits per heavy atom. The maximum Gasteiger partial charge on any atom is 0.162 e. The molecule has 0 spiro atoms. The van der Waals surface area contributed by atoms with Crippen molar-refractivity contribution in [2.75, 3.05) is 0 Å². The molecule has 0 N–H and O–H groups in total. The van der Waals surface area contributed by atoms with E-state index in [0.29, 0.717) is 6.10 Å². The minimum Gasteiger partial charge on any atom is -0.487 e. The van der Waals surface area contributed by atoms with Gasteiger partial charge in [-0.15, -0.1) is 0 Å². The normalized spacial score (nSPS) is 15.8. The van der Waals surface area contributed by atoms with E-state index in [1.54, 1.807) is 0 Å². The largest absolute Gasteiger partial charge is 0.487 e. The zero-order valence-corrected chi connectivity index (χ0v) is 11.2. The Labute approximate surface area is 104 Å². The van der Waals surface area contributed by atoms with Gasteiger partial charge in [-0.3, -0.25) is 0 Å². The smallest absolute Gasteiger partial charge is 0.162 e. The summed E-state index contributed by atoms with van der Waals surface area (Å²) in [7, 11) is 0. The van der Waals surface area contributed by atoms with Gasteiger partial charge >= 0.3 is 0 Å². The third-order valence-electron chi connectivity index (χ3n) is 2.65. The van der Waals surface area contributed by atoms with Crippen molar-refractivity contribution in [2.24, 2.45) is 0 Å². The summed E-state index contributed by atoms with van der Waals surface area (Å²) >= 11 is 0. The summed E-state index contributed by atoms with van der Waals surface area (Å²) in [6.07, 6.45) is 3.77. The van der Waals surface area contributed by atoms with Crippen LogP contribution < -0.4 is 9.47 Å². The molecule has 0 heterocycles. The van der Waals surface area contributed by atoms with Crippen LogP contribution in [0.3, 0.4) is 0 Å². The number of hydrogen-bond acceptors (Lipinski definition) is 2. The Bertz CT molecular complexity index is 386. The summed E-state index contributed by atoms with van der Waals surface area (Å²) in [4.78, 5) is 0. The highest BCUT2D eigenvalue weighted by Gasteiger charge is 2.25. The van der Waals surface area contributed by atoms with Crippen molar-refractivity contribution in [3.8, 4) is 11.5 Å². The van der Waals surface area contributed by atoms with Gasteiger partial charge in [-0.05, 0) is 57.7 Å². The summed E-state index contributed by atoms with van der Waals surface area (Å²) in [5.41, 5.74) is 1.10. The van der Waals surface area contributed by atoms with Gasteiger partial charge in [0.2, 0.25) is 0 Å². The molecule has 17 heavy (non-hydrogen) atoms. The highest BCUT2D eigenvalue weighted by Crippen LogP contribution is 2.36. The lowest BCUT2D eigenvalue weighted by atomic mass is 10.1. The molecule has 2 heteroatoms. The summed E-state index contributed by atoms with van der Waals surface area (Å²) in [5.74, 6) is 1.77. The van der Waals surface area contributed by atoms with Crippen LogP contribution in [0.25, 0.3) is 0 Å². The van der Waals surface area contributed by atoms with Crippen LogP contribution in [0, 0.1) is 0 Å². The molecule has 0 aromatic heterocycles. The van der Waals surface area contributed by atoms with Crippen molar-refractivity contribution in [1.29, 1.82) is 0 Å². The summed E-state index contributed by atoms with van der Waals surface area (Å²) in [6, 6.07) is 6.26. The molecule has 1 aliphatic rings. The third-order valence-corrected chi connectivity index (χ3v) is 2.65. The number of benzene rings is 1. The van der Waals surface area contributed by atoms with Crippen LogP contribution in [0.5, 0.6) is 11.5 Å². The maximum absolute atomic E-state index is 5.98. The Hall–Kier alpha value is -1.18. The molecule has 0 saturated heterocycles. The fraction of sp³-hybridized carbons (Fsp3) is 0.600. The second-order valence-electron chi connectivity index (χ2n) is 5.67. The van der Waals surface area contributed by atoms with Gasteiger partial charge in [-0.25, -0.2) is 0 Å². The van der Waals surface area contributed by atoms with E-state index in [1.165, 1.54) is 18.4 Å². The first-order valence-electron chi connectivity index (χ1n) is 6.46. The molecule has 0 atom stereocenters. The quantitative estimate of drug-likeness (QED) is 0.785. The van der Waals surface area contributed by atoms with E-state index in [0.717, 1.165) is 17.9 Å². The van der Waals surface area contributed by atoms with Gasteiger partial charge in [0.25, 0.3) is 0 Å². The zero-order valence-electron chi connectivity index (χ0n) is 11.2. The minimum absolute atomic E-state index is 0.186. The maximum atomic E-state index is 5.98. The van der Waals surface area contributed by atoms with Crippen molar-refractivity contribution in [3.05, 3.63) is 23.8 Å². The standard InChI is InChI=1S/C15H22O2/c1-5-11-6-9-13(16-12-7-8-12)14(10-11)17-15(2,3)4/h6,9-10,12H,5,7-8H2,1-4H3.